The second-order valence-electron chi connectivity index (χ2n) is 6.72. The molecule has 0 bridgehead atoms. The van der Waals surface area contributed by atoms with Crippen molar-refractivity contribution in [3.8, 4) is 5.75 Å². The molecule has 1 fully saturated rings. The van der Waals surface area contributed by atoms with Gasteiger partial charge in [-0.3, -0.25) is 4.79 Å². The van der Waals surface area contributed by atoms with Crippen molar-refractivity contribution in [2.45, 2.75) is 45.2 Å². The summed E-state index contributed by atoms with van der Waals surface area (Å²) in [7, 11) is 3.40. The SMILES string of the molecule is COc1ccc(C[NH+](C)CC(=O)N[C@H]2CCCC[C@@H]2C)cc1F. The van der Waals surface area contributed by atoms with Crippen molar-refractivity contribution in [2.75, 3.05) is 20.7 Å². The van der Waals surface area contributed by atoms with E-state index in [-0.39, 0.29) is 17.5 Å². The number of ether oxygens (including phenoxy) is 1. The van der Waals surface area contributed by atoms with Gasteiger partial charge in [0.05, 0.1) is 14.2 Å². The number of methoxy groups -OCH3 is 1. The Morgan fingerprint density at radius 3 is 2.78 bits per heavy atom. The zero-order chi connectivity index (χ0) is 16.8. The van der Waals surface area contributed by atoms with Gasteiger partial charge in [0.15, 0.2) is 18.1 Å². The molecule has 1 aromatic carbocycles. The molecule has 1 saturated carbocycles. The summed E-state index contributed by atoms with van der Waals surface area (Å²) in [5.41, 5.74) is 0.861. The Labute approximate surface area is 138 Å². The maximum Gasteiger partial charge on any atom is 0.275 e. The Balaban J connectivity index is 1.82. The van der Waals surface area contributed by atoms with E-state index in [0.717, 1.165) is 16.9 Å². The lowest BCUT2D eigenvalue weighted by Crippen LogP contribution is -3.09. The average Bonchev–Trinajstić information content (AvgIpc) is 2.49. The van der Waals surface area contributed by atoms with E-state index in [1.165, 1.54) is 32.4 Å². The first-order valence-corrected chi connectivity index (χ1v) is 8.42. The van der Waals surface area contributed by atoms with Crippen LogP contribution in [0.5, 0.6) is 5.75 Å². The molecule has 3 atom stereocenters. The first-order valence-electron chi connectivity index (χ1n) is 8.42. The van der Waals surface area contributed by atoms with Crippen LogP contribution in [0.4, 0.5) is 4.39 Å². The van der Waals surface area contributed by atoms with Crippen LogP contribution < -0.4 is 15.0 Å². The Hall–Kier alpha value is -1.62. The third-order valence-corrected chi connectivity index (χ3v) is 4.64. The van der Waals surface area contributed by atoms with Crippen LogP contribution in [-0.4, -0.2) is 32.7 Å². The van der Waals surface area contributed by atoms with Crippen molar-refractivity contribution in [3.63, 3.8) is 0 Å². The fraction of sp³-hybridized carbons (Fsp3) is 0.611. The molecule has 0 saturated heterocycles. The molecule has 4 nitrogen and oxygen atoms in total. The third-order valence-electron chi connectivity index (χ3n) is 4.64. The number of quaternary nitrogens is 1. The van der Waals surface area contributed by atoms with Crippen LogP contribution in [0, 0.1) is 11.7 Å². The van der Waals surface area contributed by atoms with Gasteiger partial charge >= 0.3 is 0 Å². The number of hydrogen-bond donors (Lipinski definition) is 2. The minimum atomic E-state index is -0.363. The minimum Gasteiger partial charge on any atom is -0.494 e. The Morgan fingerprint density at radius 1 is 1.39 bits per heavy atom. The van der Waals surface area contributed by atoms with Crippen LogP contribution >= 0.6 is 0 Å². The lowest BCUT2D eigenvalue weighted by atomic mass is 9.86. The molecule has 1 unspecified atom stereocenters. The van der Waals surface area contributed by atoms with Crippen LogP contribution in [-0.2, 0) is 11.3 Å². The molecule has 23 heavy (non-hydrogen) atoms. The number of benzene rings is 1. The van der Waals surface area contributed by atoms with E-state index in [4.69, 9.17) is 4.74 Å². The maximum absolute atomic E-state index is 13.7. The summed E-state index contributed by atoms with van der Waals surface area (Å²) in [6.45, 7) is 3.21. The van der Waals surface area contributed by atoms with E-state index in [0.29, 0.717) is 25.0 Å². The van der Waals surface area contributed by atoms with Gasteiger partial charge in [-0.25, -0.2) is 4.39 Å². The van der Waals surface area contributed by atoms with Gasteiger partial charge in [-0.05, 0) is 37.0 Å². The van der Waals surface area contributed by atoms with Crippen LogP contribution in [0.15, 0.2) is 18.2 Å². The molecule has 5 heteroatoms. The zero-order valence-electron chi connectivity index (χ0n) is 14.3. The molecule has 0 radical (unpaired) electrons. The quantitative estimate of drug-likeness (QED) is 0.834. The van der Waals surface area contributed by atoms with Gasteiger partial charge in [0, 0.05) is 11.6 Å². The van der Waals surface area contributed by atoms with Gasteiger partial charge in [-0.2, -0.15) is 0 Å². The van der Waals surface area contributed by atoms with Gasteiger partial charge in [0.25, 0.3) is 5.91 Å². The van der Waals surface area contributed by atoms with E-state index < -0.39 is 0 Å². The average molecular weight is 323 g/mol. The smallest absolute Gasteiger partial charge is 0.275 e. The van der Waals surface area contributed by atoms with Crippen LogP contribution in [0.2, 0.25) is 0 Å². The molecule has 0 aromatic heterocycles. The van der Waals surface area contributed by atoms with Crippen LogP contribution in [0.25, 0.3) is 0 Å². The lowest BCUT2D eigenvalue weighted by molar-refractivity contribution is -0.885. The molecule has 0 heterocycles. The second kappa shape index (κ2) is 8.29. The molecule has 1 aliphatic rings. The van der Waals surface area contributed by atoms with Crippen molar-refractivity contribution in [3.05, 3.63) is 29.6 Å². The van der Waals surface area contributed by atoms with Crippen molar-refractivity contribution in [1.29, 1.82) is 0 Å². The molecule has 0 spiro atoms. The number of rotatable bonds is 6. The molecule has 2 rings (SSSR count). The molecule has 0 aliphatic heterocycles. The van der Waals surface area contributed by atoms with E-state index in [1.807, 2.05) is 13.1 Å². The van der Waals surface area contributed by atoms with Crippen molar-refractivity contribution in [2.24, 2.45) is 5.92 Å². The molecule has 1 aliphatic carbocycles. The summed E-state index contributed by atoms with van der Waals surface area (Å²) in [6, 6.07) is 5.25. The predicted octanol–water partition coefficient (Wildman–Crippen LogP) is 1.54. The Bertz CT molecular complexity index is 536. The summed E-state index contributed by atoms with van der Waals surface area (Å²) < 4.78 is 18.6. The highest BCUT2D eigenvalue weighted by Gasteiger charge is 2.23. The van der Waals surface area contributed by atoms with E-state index >= 15 is 0 Å². The van der Waals surface area contributed by atoms with Gasteiger partial charge in [-0.1, -0.05) is 19.8 Å². The Morgan fingerprint density at radius 2 is 2.13 bits per heavy atom. The number of carbonyl (C=O) groups excluding carboxylic acids is 1. The van der Waals surface area contributed by atoms with Crippen LogP contribution in [0.3, 0.4) is 0 Å². The summed E-state index contributed by atoms with van der Waals surface area (Å²) in [5, 5.41) is 3.16. The molecule has 128 valence electrons. The molecule has 1 amide bonds. The molecular weight excluding hydrogens is 295 g/mol. The highest BCUT2D eigenvalue weighted by Crippen LogP contribution is 2.23. The summed E-state index contributed by atoms with van der Waals surface area (Å²) in [5.74, 6) is 0.521. The predicted molar refractivity (Wildman–Crippen MR) is 88.0 cm³/mol. The first kappa shape index (κ1) is 17.7. The molecule has 1 aromatic rings. The maximum atomic E-state index is 13.7. The number of likely N-dealkylation sites (N-methyl/N-ethyl adjacent to an activating group) is 1. The lowest BCUT2D eigenvalue weighted by Gasteiger charge is -2.29. The zero-order valence-corrected chi connectivity index (χ0v) is 14.3. The monoisotopic (exact) mass is 323 g/mol. The highest BCUT2D eigenvalue weighted by molar-refractivity contribution is 5.77. The fourth-order valence-corrected chi connectivity index (χ4v) is 3.29. The van der Waals surface area contributed by atoms with Gasteiger partial charge in [0.2, 0.25) is 0 Å². The normalized spacial score (nSPS) is 22.4. The summed E-state index contributed by atoms with van der Waals surface area (Å²) in [4.78, 5) is 13.2. The largest absolute Gasteiger partial charge is 0.494 e. The minimum absolute atomic E-state index is 0.0789. The molecule has 2 N–H and O–H groups in total. The highest BCUT2D eigenvalue weighted by atomic mass is 19.1. The van der Waals surface area contributed by atoms with E-state index in [2.05, 4.69) is 12.2 Å². The topological polar surface area (TPSA) is 42.8 Å². The van der Waals surface area contributed by atoms with Crippen molar-refractivity contribution in [1.82, 2.24) is 5.32 Å². The van der Waals surface area contributed by atoms with Crippen LogP contribution in [0.1, 0.15) is 38.2 Å². The standard InChI is InChI=1S/C18H27FN2O2/c1-13-6-4-5-7-16(13)20-18(22)12-21(2)11-14-8-9-17(23-3)15(19)10-14/h8-10,13,16H,4-7,11-12H2,1-3H3,(H,20,22)/p+1/t13-,16-/m0/s1. The number of nitrogens with one attached hydrogen (secondary N) is 2. The second-order valence-corrected chi connectivity index (χ2v) is 6.72. The van der Waals surface area contributed by atoms with E-state index in [9.17, 15) is 9.18 Å². The van der Waals surface area contributed by atoms with Crippen molar-refractivity contribution < 1.29 is 18.8 Å². The fourth-order valence-electron chi connectivity index (χ4n) is 3.29. The number of carbonyl (C=O) groups is 1. The van der Waals surface area contributed by atoms with Gasteiger partial charge in [-0.15, -0.1) is 0 Å². The van der Waals surface area contributed by atoms with E-state index in [1.54, 1.807) is 6.07 Å². The van der Waals surface area contributed by atoms with Gasteiger partial charge in [0.1, 0.15) is 6.54 Å². The Kier molecular flexibility index (Phi) is 6.39. The summed E-state index contributed by atoms with van der Waals surface area (Å²) in [6.07, 6.45) is 4.74. The van der Waals surface area contributed by atoms with Gasteiger partial charge < -0.3 is 15.0 Å². The number of amides is 1. The first-order chi connectivity index (χ1) is 11.0. The number of hydrogen-bond acceptors (Lipinski definition) is 2. The third kappa shape index (κ3) is 5.20. The molecular formula is C18H28FN2O2+. The number of halogens is 1. The van der Waals surface area contributed by atoms with Crippen molar-refractivity contribution >= 4 is 5.91 Å². The summed E-state index contributed by atoms with van der Waals surface area (Å²) >= 11 is 0.